The number of nitrogens with one attached hydrogen (secondary N) is 4. The molecule has 0 fully saturated rings. The average Bonchev–Trinajstić information content (AvgIpc) is 2.81. The zero-order valence-corrected chi connectivity index (χ0v) is 21.5. The Hall–Kier alpha value is -4.05. The van der Waals surface area contributed by atoms with Crippen LogP contribution in [0.2, 0.25) is 0 Å². The van der Waals surface area contributed by atoms with Crippen molar-refractivity contribution in [3.63, 3.8) is 0 Å². The molecule has 2 aromatic rings. The number of hydrogen-bond acceptors (Lipinski definition) is 9. The highest BCUT2D eigenvalue weighted by molar-refractivity contribution is 9.10. The smallest absolute Gasteiger partial charge is 0.508 e. The molecule has 1 heterocycles. The van der Waals surface area contributed by atoms with Gasteiger partial charge in [0.05, 0.1) is 31.7 Å². The van der Waals surface area contributed by atoms with Crippen LogP contribution in [0.25, 0.3) is 0 Å². The number of carbonyl (C=O) groups is 3. The van der Waals surface area contributed by atoms with Crippen molar-refractivity contribution in [1.29, 1.82) is 0 Å². The zero-order valence-electron chi connectivity index (χ0n) is 19.9. The summed E-state index contributed by atoms with van der Waals surface area (Å²) in [5.41, 5.74) is 0.284. The van der Waals surface area contributed by atoms with Crippen LogP contribution in [0.15, 0.2) is 45.9 Å². The minimum Gasteiger partial charge on any atom is -0.508 e. The van der Waals surface area contributed by atoms with Gasteiger partial charge in [0, 0.05) is 28.3 Å². The number of phenols is 1. The highest BCUT2D eigenvalue weighted by Gasteiger charge is 2.32. The van der Waals surface area contributed by atoms with Crippen LogP contribution in [0.3, 0.4) is 0 Å². The molecule has 0 bridgehead atoms. The number of aliphatic carboxylic acids is 1. The number of guanidine groups is 1. The van der Waals surface area contributed by atoms with E-state index in [0.29, 0.717) is 11.6 Å². The molecule has 16 heteroatoms. The molecule has 0 saturated carbocycles. The molecule has 0 aliphatic carbocycles. The average molecular weight is 618 g/mol. The maximum atomic E-state index is 12.6. The van der Waals surface area contributed by atoms with Crippen molar-refractivity contribution < 1.29 is 47.6 Å². The number of aromatic hydroxyl groups is 1. The van der Waals surface area contributed by atoms with Gasteiger partial charge in [-0.25, -0.2) is 0 Å². The number of β-amino-alcohol motifs (C(OH)–C–C–N with tert-alkyl or cyclic N) is 1. The van der Waals surface area contributed by atoms with Gasteiger partial charge in [-0.2, -0.15) is 0 Å². The van der Waals surface area contributed by atoms with E-state index in [-0.39, 0.29) is 34.4 Å². The number of benzene rings is 2. The molecule has 7 N–H and O–H groups in total. The predicted molar refractivity (Wildman–Crippen MR) is 134 cm³/mol. The molecule has 2 amide bonds. The minimum absolute atomic E-state index is 0.0150. The lowest BCUT2D eigenvalue weighted by atomic mass is 10.0. The maximum absolute atomic E-state index is 12.6. The van der Waals surface area contributed by atoms with E-state index in [1.807, 2.05) is 0 Å². The summed E-state index contributed by atoms with van der Waals surface area (Å²) < 4.78 is 42.0. The summed E-state index contributed by atoms with van der Waals surface area (Å²) in [6, 6.07) is 5.88. The second-order valence-electron chi connectivity index (χ2n) is 8.29. The Balaban J connectivity index is 1.66. The van der Waals surface area contributed by atoms with Gasteiger partial charge in [-0.1, -0.05) is 15.9 Å². The molecule has 0 saturated heterocycles. The van der Waals surface area contributed by atoms with Crippen molar-refractivity contribution in [2.45, 2.75) is 24.9 Å². The van der Waals surface area contributed by atoms with Gasteiger partial charge in [-0.15, -0.1) is 13.2 Å². The van der Waals surface area contributed by atoms with Gasteiger partial charge < -0.3 is 41.3 Å². The summed E-state index contributed by atoms with van der Waals surface area (Å²) >= 11 is 3.03. The van der Waals surface area contributed by atoms with Gasteiger partial charge in [0.2, 0.25) is 5.91 Å². The Morgan fingerprint density at radius 1 is 1.18 bits per heavy atom. The number of ether oxygens (including phenoxy) is 1. The first-order valence-electron chi connectivity index (χ1n) is 11.2. The lowest BCUT2D eigenvalue weighted by Crippen LogP contribution is -2.42. The van der Waals surface area contributed by atoms with Gasteiger partial charge in [-0.05, 0) is 35.9 Å². The van der Waals surface area contributed by atoms with Crippen molar-refractivity contribution >= 4 is 45.4 Å². The Kier molecular flexibility index (Phi) is 9.58. The number of nitrogens with zero attached hydrogens (tertiary/aromatic N) is 1. The topological polar surface area (TPSA) is 182 Å². The summed E-state index contributed by atoms with van der Waals surface area (Å²) in [5.74, 6) is -3.49. The highest BCUT2D eigenvalue weighted by atomic mass is 79.9. The molecular formula is C23H23BrF3N5O7. The van der Waals surface area contributed by atoms with Crippen LogP contribution in [0.4, 0.5) is 18.9 Å². The second kappa shape index (κ2) is 12.7. The molecule has 0 radical (unpaired) electrons. The summed E-state index contributed by atoms with van der Waals surface area (Å²) in [6.45, 7) is -0.192. The van der Waals surface area contributed by atoms with Crippen molar-refractivity contribution in [2.75, 3.05) is 25.0 Å². The van der Waals surface area contributed by atoms with E-state index >= 15 is 0 Å². The second-order valence-corrected chi connectivity index (χ2v) is 9.20. The van der Waals surface area contributed by atoms with Crippen molar-refractivity contribution in [3.8, 4) is 11.5 Å². The largest absolute Gasteiger partial charge is 0.573 e. The first-order chi connectivity index (χ1) is 18.3. The molecule has 210 valence electrons. The molecule has 2 atom stereocenters. The third kappa shape index (κ3) is 9.64. The van der Waals surface area contributed by atoms with Crippen LogP contribution in [0, 0.1) is 0 Å². The standard InChI is InChI=1S/C23H23BrF3N5O7/c24-13-1-11(4-17(5-13)39-23(25,26)27)18(7-20(36)37)32-19(35)10-28-21(38)12-2-14(6-15(33)3-12)31-22-29-8-16(34)9-30-22/h1-6,16,18,33-34H,7-10H2,(H,28,38)(H,32,35)(H,36,37)(H2,29,30,31)/t18-/m0/s1. The molecule has 0 spiro atoms. The first-order valence-corrected chi connectivity index (χ1v) is 12.0. The van der Waals surface area contributed by atoms with Gasteiger partial charge in [-0.3, -0.25) is 19.4 Å². The van der Waals surface area contributed by atoms with Crippen LogP contribution in [-0.2, 0) is 9.59 Å². The number of phenolic OH excluding ortho intramolecular Hbond substituents is 1. The third-order valence-corrected chi connectivity index (χ3v) is 5.52. The number of halogens is 4. The lowest BCUT2D eigenvalue weighted by Gasteiger charge is -2.20. The number of carboxylic acid groups (broad SMARTS) is 1. The minimum atomic E-state index is -4.99. The van der Waals surface area contributed by atoms with Gasteiger partial charge in [0.25, 0.3) is 5.91 Å². The van der Waals surface area contributed by atoms with E-state index in [4.69, 9.17) is 0 Å². The van der Waals surface area contributed by atoms with E-state index in [1.165, 1.54) is 18.2 Å². The molecule has 2 aromatic carbocycles. The number of carboxylic acids is 1. The van der Waals surface area contributed by atoms with Gasteiger partial charge in [0.1, 0.15) is 11.5 Å². The summed E-state index contributed by atoms with van der Waals surface area (Å²) in [7, 11) is 0. The maximum Gasteiger partial charge on any atom is 0.573 e. The Morgan fingerprint density at radius 2 is 1.92 bits per heavy atom. The molecule has 12 nitrogen and oxygen atoms in total. The zero-order chi connectivity index (χ0) is 28.7. The molecule has 39 heavy (non-hydrogen) atoms. The number of hydrogen-bond donors (Lipinski definition) is 7. The van der Waals surface area contributed by atoms with Crippen LogP contribution >= 0.6 is 15.9 Å². The lowest BCUT2D eigenvalue weighted by molar-refractivity contribution is -0.274. The molecule has 1 unspecified atom stereocenters. The van der Waals surface area contributed by atoms with Crippen molar-refractivity contribution in [1.82, 2.24) is 16.0 Å². The Bertz CT molecular complexity index is 1280. The van der Waals surface area contributed by atoms with E-state index in [9.17, 15) is 42.9 Å². The van der Waals surface area contributed by atoms with Crippen LogP contribution in [0.1, 0.15) is 28.4 Å². The number of amides is 2. The fourth-order valence-electron chi connectivity index (χ4n) is 3.48. The fraction of sp³-hybridized carbons (Fsp3) is 0.304. The Morgan fingerprint density at radius 3 is 2.56 bits per heavy atom. The number of alkyl halides is 3. The molecular weight excluding hydrogens is 595 g/mol. The number of anilines is 1. The number of rotatable bonds is 9. The van der Waals surface area contributed by atoms with Crippen molar-refractivity contribution in [3.05, 3.63) is 52.0 Å². The molecule has 0 aromatic heterocycles. The van der Waals surface area contributed by atoms with E-state index < -0.39 is 55.0 Å². The highest BCUT2D eigenvalue weighted by Crippen LogP contribution is 2.30. The fourth-order valence-corrected chi connectivity index (χ4v) is 3.97. The quantitative estimate of drug-likeness (QED) is 0.221. The van der Waals surface area contributed by atoms with E-state index in [1.54, 1.807) is 0 Å². The molecule has 3 rings (SSSR count). The number of aliphatic hydroxyl groups is 1. The Labute approximate surface area is 227 Å². The van der Waals surface area contributed by atoms with E-state index in [2.05, 4.69) is 46.9 Å². The monoisotopic (exact) mass is 617 g/mol. The molecule has 1 aliphatic heterocycles. The summed E-state index contributed by atoms with van der Waals surface area (Å²) in [4.78, 5) is 40.5. The number of carbonyl (C=O) groups excluding carboxylic acids is 2. The summed E-state index contributed by atoms with van der Waals surface area (Å²) in [6.07, 6.45) is -6.29. The summed E-state index contributed by atoms with van der Waals surface area (Å²) in [5, 5.41) is 39.1. The van der Waals surface area contributed by atoms with Gasteiger partial charge >= 0.3 is 12.3 Å². The van der Waals surface area contributed by atoms with Gasteiger partial charge in [0.15, 0.2) is 5.96 Å². The normalized spacial score (nSPS) is 15.8. The predicted octanol–water partition coefficient (Wildman–Crippen LogP) is 1.85. The molecule has 1 aliphatic rings. The number of aliphatic imine (C=N–C) groups is 1. The third-order valence-electron chi connectivity index (χ3n) is 5.06. The van der Waals surface area contributed by atoms with Crippen LogP contribution < -0.4 is 26.0 Å². The van der Waals surface area contributed by atoms with Crippen molar-refractivity contribution in [2.24, 2.45) is 4.99 Å². The first kappa shape index (κ1) is 29.5. The van der Waals surface area contributed by atoms with E-state index in [0.717, 1.165) is 18.2 Å². The SMILES string of the molecule is O=C(O)C[C@H](NC(=O)CNC(=O)c1cc(O)cc(NC2=NCC(O)CN2)c1)c1cc(Br)cc(OC(F)(F)F)c1. The van der Waals surface area contributed by atoms with Crippen LogP contribution in [-0.4, -0.2) is 71.2 Å². The number of aliphatic hydroxyl groups excluding tert-OH is 1. The van der Waals surface area contributed by atoms with Crippen LogP contribution in [0.5, 0.6) is 11.5 Å².